The zero-order valence-electron chi connectivity index (χ0n) is 17.5. The Bertz CT molecular complexity index is 1030. The zero-order valence-corrected chi connectivity index (χ0v) is 17.5. The molecule has 2 aromatic rings. The minimum Gasteiger partial charge on any atom is -0.355 e. The summed E-state index contributed by atoms with van der Waals surface area (Å²) in [7, 11) is 0. The smallest absolute Gasteiger partial charge is 0.254 e. The number of rotatable bonds is 5. The van der Waals surface area contributed by atoms with Gasteiger partial charge in [0.25, 0.3) is 5.91 Å². The van der Waals surface area contributed by atoms with Gasteiger partial charge in [-0.15, -0.1) is 0 Å². The van der Waals surface area contributed by atoms with Crippen LogP contribution in [0.5, 0.6) is 0 Å². The van der Waals surface area contributed by atoms with Gasteiger partial charge in [-0.1, -0.05) is 42.5 Å². The number of nitrogens with zero attached hydrogens (tertiary/aromatic N) is 2. The molecule has 2 atom stereocenters. The van der Waals surface area contributed by atoms with Crippen molar-refractivity contribution in [3.8, 4) is 0 Å². The van der Waals surface area contributed by atoms with Crippen LogP contribution in [0.2, 0.25) is 0 Å². The van der Waals surface area contributed by atoms with Gasteiger partial charge in [0.2, 0.25) is 11.8 Å². The molecule has 1 saturated heterocycles. The van der Waals surface area contributed by atoms with Crippen molar-refractivity contribution in [2.24, 2.45) is 0 Å². The lowest BCUT2D eigenvalue weighted by molar-refractivity contribution is -0.127. The van der Waals surface area contributed by atoms with Crippen LogP contribution >= 0.6 is 0 Å². The fourth-order valence-electron chi connectivity index (χ4n) is 5.29. The van der Waals surface area contributed by atoms with Gasteiger partial charge in [-0.05, 0) is 42.0 Å². The summed E-state index contributed by atoms with van der Waals surface area (Å²) in [4.78, 5) is 42.2. The highest BCUT2D eigenvalue weighted by Crippen LogP contribution is 2.45. The normalized spacial score (nSPS) is 22.1. The first-order valence-corrected chi connectivity index (χ1v) is 11.2. The third-order valence-electron chi connectivity index (χ3n) is 6.79. The summed E-state index contributed by atoms with van der Waals surface area (Å²) in [5.74, 6) is -0.282. The second kappa shape index (κ2) is 8.17. The first-order chi connectivity index (χ1) is 15.1. The Hall–Kier alpha value is -3.15. The van der Waals surface area contributed by atoms with Gasteiger partial charge in [-0.25, -0.2) is 0 Å². The summed E-state index contributed by atoms with van der Waals surface area (Å²) in [6, 6.07) is 15.4. The average Bonchev–Trinajstić information content (AvgIpc) is 3.21. The van der Waals surface area contributed by atoms with Gasteiger partial charge in [-0.2, -0.15) is 0 Å². The van der Waals surface area contributed by atoms with Gasteiger partial charge in [-0.3, -0.25) is 14.4 Å². The molecule has 160 valence electrons. The maximum Gasteiger partial charge on any atom is 0.254 e. The topological polar surface area (TPSA) is 69.7 Å². The van der Waals surface area contributed by atoms with Crippen LogP contribution in [-0.4, -0.2) is 53.7 Å². The highest BCUT2D eigenvalue weighted by atomic mass is 16.2. The largest absolute Gasteiger partial charge is 0.355 e. The quantitative estimate of drug-likeness (QED) is 0.761. The first kappa shape index (κ1) is 19.8. The van der Waals surface area contributed by atoms with Crippen LogP contribution in [0.1, 0.15) is 58.3 Å². The number of benzene rings is 2. The standard InChI is InChI=1S/C25H27N3O3/c29-21-11-5-14-27(21)15-6-13-26-24(30)22-19-9-3-4-10-20(19)25(31)28-16-12-17-7-1-2-8-18(17)23(22)28/h1-4,7-10,22-23H,5-6,11-16H2,(H,26,30). The molecule has 3 aliphatic rings. The minimum absolute atomic E-state index is 0.00620. The molecule has 1 fully saturated rings. The van der Waals surface area contributed by atoms with Crippen molar-refractivity contribution in [2.75, 3.05) is 26.2 Å². The molecule has 3 aliphatic heterocycles. The van der Waals surface area contributed by atoms with Crippen LogP contribution in [0, 0.1) is 0 Å². The number of fused-ring (bicyclic) bond motifs is 4. The van der Waals surface area contributed by atoms with Crippen molar-refractivity contribution in [1.29, 1.82) is 0 Å². The van der Waals surface area contributed by atoms with Gasteiger partial charge in [0, 0.05) is 38.2 Å². The molecule has 0 aromatic heterocycles. The van der Waals surface area contributed by atoms with Crippen LogP contribution in [0.25, 0.3) is 0 Å². The molecule has 5 rings (SSSR count). The van der Waals surface area contributed by atoms with Crippen LogP contribution in [0.15, 0.2) is 48.5 Å². The van der Waals surface area contributed by atoms with Crippen molar-refractivity contribution in [1.82, 2.24) is 15.1 Å². The Morgan fingerprint density at radius 2 is 1.74 bits per heavy atom. The molecule has 1 N–H and O–H groups in total. The Morgan fingerprint density at radius 1 is 0.968 bits per heavy atom. The third kappa shape index (κ3) is 3.50. The van der Waals surface area contributed by atoms with E-state index in [0.717, 1.165) is 36.9 Å². The Labute approximate surface area is 182 Å². The summed E-state index contributed by atoms with van der Waals surface area (Å²) < 4.78 is 0. The van der Waals surface area contributed by atoms with E-state index in [1.807, 2.05) is 52.3 Å². The number of hydrogen-bond donors (Lipinski definition) is 1. The molecule has 31 heavy (non-hydrogen) atoms. The Kier molecular flexibility index (Phi) is 5.22. The van der Waals surface area contributed by atoms with Gasteiger partial charge < -0.3 is 15.1 Å². The zero-order chi connectivity index (χ0) is 21.4. The molecule has 0 saturated carbocycles. The summed E-state index contributed by atoms with van der Waals surface area (Å²) >= 11 is 0. The molecular formula is C25H27N3O3. The molecule has 0 bridgehead atoms. The molecule has 0 radical (unpaired) electrons. The van der Waals surface area contributed by atoms with E-state index in [9.17, 15) is 14.4 Å². The predicted octanol–water partition coefficient (Wildman–Crippen LogP) is 2.65. The van der Waals surface area contributed by atoms with Crippen molar-refractivity contribution < 1.29 is 14.4 Å². The first-order valence-electron chi connectivity index (χ1n) is 11.2. The van der Waals surface area contributed by atoms with Crippen molar-refractivity contribution >= 4 is 17.7 Å². The highest BCUT2D eigenvalue weighted by Gasteiger charge is 2.45. The van der Waals surface area contributed by atoms with E-state index >= 15 is 0 Å². The number of nitrogens with one attached hydrogen (secondary N) is 1. The molecule has 2 unspecified atom stereocenters. The molecule has 0 aliphatic carbocycles. The van der Waals surface area contributed by atoms with Crippen molar-refractivity contribution in [3.05, 3.63) is 70.8 Å². The van der Waals surface area contributed by atoms with Crippen LogP contribution in [-0.2, 0) is 16.0 Å². The van der Waals surface area contributed by atoms with E-state index < -0.39 is 5.92 Å². The molecule has 3 heterocycles. The number of carbonyl (C=O) groups is 3. The lowest BCUT2D eigenvalue weighted by Gasteiger charge is -2.45. The van der Waals surface area contributed by atoms with E-state index in [0.29, 0.717) is 31.6 Å². The van der Waals surface area contributed by atoms with E-state index in [1.54, 1.807) is 0 Å². The fraction of sp³-hybridized carbons (Fsp3) is 0.400. The van der Waals surface area contributed by atoms with Crippen LogP contribution in [0.4, 0.5) is 0 Å². The number of carbonyl (C=O) groups excluding carboxylic acids is 3. The Balaban J connectivity index is 1.39. The third-order valence-corrected chi connectivity index (χ3v) is 6.79. The van der Waals surface area contributed by atoms with Crippen LogP contribution in [0.3, 0.4) is 0 Å². The lowest BCUT2D eigenvalue weighted by Crippen LogP contribution is -2.50. The number of likely N-dealkylation sites (tertiary alicyclic amines) is 1. The molecule has 0 spiro atoms. The van der Waals surface area contributed by atoms with E-state index in [-0.39, 0.29) is 23.8 Å². The van der Waals surface area contributed by atoms with E-state index in [2.05, 4.69) is 11.4 Å². The fourth-order valence-corrected chi connectivity index (χ4v) is 5.29. The molecule has 6 nitrogen and oxygen atoms in total. The van der Waals surface area contributed by atoms with Crippen molar-refractivity contribution in [2.45, 2.75) is 37.6 Å². The summed E-state index contributed by atoms with van der Waals surface area (Å²) in [6.45, 7) is 2.63. The van der Waals surface area contributed by atoms with Crippen molar-refractivity contribution in [3.63, 3.8) is 0 Å². The van der Waals surface area contributed by atoms with E-state index in [1.165, 1.54) is 5.56 Å². The van der Waals surface area contributed by atoms with Gasteiger partial charge in [0.15, 0.2) is 0 Å². The summed E-state index contributed by atoms with van der Waals surface area (Å²) in [6.07, 6.45) is 3.10. The number of amides is 3. The van der Waals surface area contributed by atoms with Gasteiger partial charge in [0.1, 0.15) is 0 Å². The molecular weight excluding hydrogens is 390 g/mol. The monoisotopic (exact) mass is 417 g/mol. The van der Waals surface area contributed by atoms with Gasteiger partial charge in [0.05, 0.1) is 12.0 Å². The molecule has 2 aromatic carbocycles. The van der Waals surface area contributed by atoms with Gasteiger partial charge >= 0.3 is 0 Å². The molecule has 3 amide bonds. The minimum atomic E-state index is -0.441. The predicted molar refractivity (Wildman–Crippen MR) is 117 cm³/mol. The van der Waals surface area contributed by atoms with Crippen LogP contribution < -0.4 is 5.32 Å². The second-order valence-electron chi connectivity index (χ2n) is 8.59. The number of hydrogen-bond acceptors (Lipinski definition) is 3. The average molecular weight is 418 g/mol. The Morgan fingerprint density at radius 3 is 2.55 bits per heavy atom. The molecule has 6 heteroatoms. The SMILES string of the molecule is O=C(NCCCN1CCCC1=O)C1c2ccccc2C(=O)N2CCc3ccccc3C12. The van der Waals surface area contributed by atoms with E-state index in [4.69, 9.17) is 0 Å². The summed E-state index contributed by atoms with van der Waals surface area (Å²) in [5, 5.41) is 3.10. The maximum atomic E-state index is 13.5. The lowest BCUT2D eigenvalue weighted by atomic mass is 9.76. The summed E-state index contributed by atoms with van der Waals surface area (Å²) in [5.41, 5.74) is 3.71. The maximum absolute atomic E-state index is 13.5. The highest BCUT2D eigenvalue weighted by molar-refractivity contribution is 6.01. The second-order valence-corrected chi connectivity index (χ2v) is 8.59.